The average Bonchev–Trinajstić information content (AvgIpc) is 2.84. The molecule has 1 fully saturated rings. The predicted octanol–water partition coefficient (Wildman–Crippen LogP) is 1.21. The van der Waals surface area contributed by atoms with E-state index in [-0.39, 0.29) is 18.0 Å². The molecule has 1 aliphatic rings. The van der Waals surface area contributed by atoms with Crippen LogP contribution in [-0.2, 0) is 4.79 Å². The van der Waals surface area contributed by atoms with Crippen molar-refractivity contribution in [2.45, 2.75) is 31.8 Å². The van der Waals surface area contributed by atoms with Crippen LogP contribution in [0, 0.1) is 0 Å². The smallest absolute Gasteiger partial charge is 0.220 e. The second kappa shape index (κ2) is 4.49. The SMILES string of the molecule is C[C@H](NCC1CCC(=O)N1)c1ccco1. The van der Waals surface area contributed by atoms with Gasteiger partial charge in [-0.05, 0) is 25.5 Å². The van der Waals surface area contributed by atoms with E-state index in [4.69, 9.17) is 4.42 Å². The molecule has 82 valence electrons. The molecule has 1 unspecified atom stereocenters. The Morgan fingerprint density at radius 1 is 1.73 bits per heavy atom. The molecule has 1 amide bonds. The van der Waals surface area contributed by atoms with Gasteiger partial charge in [-0.15, -0.1) is 0 Å². The Hall–Kier alpha value is -1.29. The molecule has 0 aliphatic carbocycles. The molecule has 2 atom stereocenters. The number of amides is 1. The van der Waals surface area contributed by atoms with Crippen molar-refractivity contribution in [1.82, 2.24) is 10.6 Å². The second-order valence-corrected chi connectivity index (χ2v) is 3.95. The minimum Gasteiger partial charge on any atom is -0.468 e. The molecular weight excluding hydrogens is 192 g/mol. The van der Waals surface area contributed by atoms with Crippen LogP contribution in [0.25, 0.3) is 0 Å². The summed E-state index contributed by atoms with van der Waals surface area (Å²) in [5.74, 6) is 1.09. The van der Waals surface area contributed by atoms with Crippen molar-refractivity contribution in [3.8, 4) is 0 Å². The topological polar surface area (TPSA) is 54.3 Å². The number of furan rings is 1. The fourth-order valence-electron chi connectivity index (χ4n) is 1.79. The van der Waals surface area contributed by atoms with Crippen molar-refractivity contribution in [2.75, 3.05) is 6.54 Å². The van der Waals surface area contributed by atoms with Gasteiger partial charge in [0.1, 0.15) is 5.76 Å². The van der Waals surface area contributed by atoms with Crippen molar-refractivity contribution in [2.24, 2.45) is 0 Å². The van der Waals surface area contributed by atoms with Crippen LogP contribution in [0.5, 0.6) is 0 Å². The summed E-state index contributed by atoms with van der Waals surface area (Å²) in [6.45, 7) is 2.85. The minimum absolute atomic E-state index is 0.160. The van der Waals surface area contributed by atoms with Gasteiger partial charge in [-0.3, -0.25) is 4.79 Å². The quantitative estimate of drug-likeness (QED) is 0.782. The summed E-state index contributed by atoms with van der Waals surface area (Å²) in [6.07, 6.45) is 3.25. The number of hydrogen-bond acceptors (Lipinski definition) is 3. The molecule has 1 aromatic rings. The molecule has 15 heavy (non-hydrogen) atoms. The van der Waals surface area contributed by atoms with Gasteiger partial charge in [0, 0.05) is 19.0 Å². The minimum atomic E-state index is 0.160. The van der Waals surface area contributed by atoms with Crippen LogP contribution in [0.1, 0.15) is 31.6 Å². The largest absolute Gasteiger partial charge is 0.468 e. The van der Waals surface area contributed by atoms with Gasteiger partial charge >= 0.3 is 0 Å². The Balaban J connectivity index is 1.76. The lowest BCUT2D eigenvalue weighted by molar-refractivity contribution is -0.119. The van der Waals surface area contributed by atoms with Gasteiger partial charge < -0.3 is 15.1 Å². The molecular formula is C11H16N2O2. The Bertz CT molecular complexity index is 321. The zero-order chi connectivity index (χ0) is 10.7. The van der Waals surface area contributed by atoms with Gasteiger partial charge in [0.15, 0.2) is 0 Å². The van der Waals surface area contributed by atoms with E-state index < -0.39 is 0 Å². The highest BCUT2D eigenvalue weighted by Gasteiger charge is 2.21. The summed E-state index contributed by atoms with van der Waals surface area (Å²) >= 11 is 0. The number of nitrogens with one attached hydrogen (secondary N) is 2. The molecule has 2 N–H and O–H groups in total. The Labute approximate surface area is 89.0 Å². The van der Waals surface area contributed by atoms with Crippen molar-refractivity contribution in [3.05, 3.63) is 24.2 Å². The fraction of sp³-hybridized carbons (Fsp3) is 0.545. The molecule has 1 aromatic heterocycles. The van der Waals surface area contributed by atoms with Crippen LogP contribution >= 0.6 is 0 Å². The van der Waals surface area contributed by atoms with Crippen molar-refractivity contribution in [1.29, 1.82) is 0 Å². The predicted molar refractivity (Wildman–Crippen MR) is 56.3 cm³/mol. The normalized spacial score (nSPS) is 22.7. The zero-order valence-corrected chi connectivity index (χ0v) is 8.82. The second-order valence-electron chi connectivity index (χ2n) is 3.95. The first kappa shape index (κ1) is 10.2. The van der Waals surface area contributed by atoms with Crippen LogP contribution in [0.15, 0.2) is 22.8 Å². The van der Waals surface area contributed by atoms with E-state index in [9.17, 15) is 4.79 Å². The third-order valence-electron chi connectivity index (χ3n) is 2.73. The number of carbonyl (C=O) groups excluding carboxylic acids is 1. The summed E-state index contributed by atoms with van der Waals surface area (Å²) in [6, 6.07) is 4.29. The van der Waals surface area contributed by atoms with E-state index in [1.165, 1.54) is 0 Å². The first-order chi connectivity index (χ1) is 7.25. The van der Waals surface area contributed by atoms with E-state index in [0.29, 0.717) is 6.42 Å². The summed E-state index contributed by atoms with van der Waals surface area (Å²) in [5.41, 5.74) is 0. The molecule has 1 aliphatic heterocycles. The number of carbonyl (C=O) groups is 1. The molecule has 0 bridgehead atoms. The Kier molecular flexibility index (Phi) is 3.06. The number of hydrogen-bond donors (Lipinski definition) is 2. The first-order valence-electron chi connectivity index (χ1n) is 5.32. The lowest BCUT2D eigenvalue weighted by Gasteiger charge is -2.15. The Morgan fingerprint density at radius 2 is 2.60 bits per heavy atom. The zero-order valence-electron chi connectivity index (χ0n) is 8.82. The highest BCUT2D eigenvalue weighted by molar-refractivity contribution is 5.78. The van der Waals surface area contributed by atoms with Gasteiger partial charge in [0.25, 0.3) is 0 Å². The van der Waals surface area contributed by atoms with Crippen LogP contribution in [-0.4, -0.2) is 18.5 Å². The van der Waals surface area contributed by atoms with Crippen molar-refractivity contribution < 1.29 is 9.21 Å². The molecule has 0 spiro atoms. The summed E-state index contributed by atoms with van der Waals surface area (Å²) in [4.78, 5) is 11.0. The first-order valence-corrected chi connectivity index (χ1v) is 5.32. The monoisotopic (exact) mass is 208 g/mol. The molecule has 0 aromatic carbocycles. The molecule has 2 heterocycles. The fourth-order valence-corrected chi connectivity index (χ4v) is 1.79. The Morgan fingerprint density at radius 3 is 3.20 bits per heavy atom. The summed E-state index contributed by atoms with van der Waals surface area (Å²) in [7, 11) is 0. The van der Waals surface area contributed by atoms with E-state index in [1.54, 1.807) is 6.26 Å². The highest BCUT2D eigenvalue weighted by atomic mass is 16.3. The average molecular weight is 208 g/mol. The van der Waals surface area contributed by atoms with Gasteiger partial charge in [0.05, 0.1) is 12.3 Å². The molecule has 0 radical (unpaired) electrons. The van der Waals surface area contributed by atoms with Gasteiger partial charge in [0.2, 0.25) is 5.91 Å². The number of rotatable bonds is 4. The van der Waals surface area contributed by atoms with E-state index >= 15 is 0 Å². The third kappa shape index (κ3) is 2.59. The van der Waals surface area contributed by atoms with Crippen LogP contribution in [0.3, 0.4) is 0 Å². The summed E-state index contributed by atoms with van der Waals surface area (Å²) < 4.78 is 5.28. The van der Waals surface area contributed by atoms with Gasteiger partial charge in [-0.1, -0.05) is 0 Å². The van der Waals surface area contributed by atoms with Crippen molar-refractivity contribution in [3.63, 3.8) is 0 Å². The summed E-state index contributed by atoms with van der Waals surface area (Å²) in [5, 5.41) is 6.26. The van der Waals surface area contributed by atoms with Crippen LogP contribution in [0.2, 0.25) is 0 Å². The van der Waals surface area contributed by atoms with E-state index in [1.807, 2.05) is 12.1 Å². The molecule has 2 rings (SSSR count). The highest BCUT2D eigenvalue weighted by Crippen LogP contribution is 2.13. The third-order valence-corrected chi connectivity index (χ3v) is 2.73. The van der Waals surface area contributed by atoms with Crippen molar-refractivity contribution >= 4 is 5.91 Å². The van der Waals surface area contributed by atoms with Gasteiger partial charge in [-0.25, -0.2) is 0 Å². The maximum Gasteiger partial charge on any atom is 0.220 e. The van der Waals surface area contributed by atoms with Gasteiger partial charge in [-0.2, -0.15) is 0 Å². The lowest BCUT2D eigenvalue weighted by Crippen LogP contribution is -2.36. The van der Waals surface area contributed by atoms with E-state index in [2.05, 4.69) is 17.6 Å². The van der Waals surface area contributed by atoms with E-state index in [0.717, 1.165) is 18.7 Å². The molecule has 1 saturated heterocycles. The maximum atomic E-state index is 11.0. The molecule has 0 saturated carbocycles. The standard InChI is InChI=1S/C11H16N2O2/c1-8(10-3-2-6-15-10)12-7-9-4-5-11(14)13-9/h2-3,6,8-9,12H,4-5,7H2,1H3,(H,13,14)/t8-,9?/m0/s1. The molecule has 4 heteroatoms. The lowest BCUT2D eigenvalue weighted by atomic mass is 10.2. The van der Waals surface area contributed by atoms with Crippen LogP contribution in [0.4, 0.5) is 0 Å². The molecule has 4 nitrogen and oxygen atoms in total. The van der Waals surface area contributed by atoms with Crippen LogP contribution < -0.4 is 10.6 Å². The maximum absolute atomic E-state index is 11.0.